The first kappa shape index (κ1) is 12.8. The number of nitrogens with two attached hydrogens (primary N) is 1. The van der Waals surface area contributed by atoms with Crippen molar-refractivity contribution < 1.29 is 5.11 Å². The number of unbranched alkanes of at least 4 members (excludes halogenated alkanes) is 1. The number of rotatable bonds is 6. The van der Waals surface area contributed by atoms with Gasteiger partial charge in [-0.3, -0.25) is 0 Å². The van der Waals surface area contributed by atoms with Crippen LogP contribution >= 0.6 is 0 Å². The third-order valence-corrected chi connectivity index (χ3v) is 2.60. The molecule has 1 aromatic carbocycles. The van der Waals surface area contributed by atoms with Gasteiger partial charge in [-0.15, -0.1) is 0 Å². The van der Waals surface area contributed by atoms with Crippen LogP contribution < -0.4 is 10.6 Å². The normalized spacial score (nSPS) is 10.4. The van der Waals surface area contributed by atoms with Crippen molar-refractivity contribution in [1.82, 2.24) is 0 Å². The summed E-state index contributed by atoms with van der Waals surface area (Å²) >= 11 is 0. The Labute approximate surface area is 97.9 Å². The van der Waals surface area contributed by atoms with Crippen LogP contribution in [0.15, 0.2) is 18.2 Å². The predicted octanol–water partition coefficient (Wildman–Crippen LogP) is 2.18. The van der Waals surface area contributed by atoms with Crippen LogP contribution in [0.3, 0.4) is 0 Å². The zero-order chi connectivity index (χ0) is 12.0. The van der Waals surface area contributed by atoms with Crippen LogP contribution in [-0.2, 0) is 0 Å². The monoisotopic (exact) mass is 222 g/mol. The molecule has 0 amide bonds. The van der Waals surface area contributed by atoms with Crippen molar-refractivity contribution in [3.8, 4) is 0 Å². The highest BCUT2D eigenvalue weighted by atomic mass is 16.3. The molecule has 0 aromatic heterocycles. The molecule has 0 radical (unpaired) electrons. The summed E-state index contributed by atoms with van der Waals surface area (Å²) < 4.78 is 0. The van der Waals surface area contributed by atoms with Crippen molar-refractivity contribution in [3.63, 3.8) is 0 Å². The summed E-state index contributed by atoms with van der Waals surface area (Å²) in [5, 5.41) is 9.06. The zero-order valence-corrected chi connectivity index (χ0v) is 10.2. The molecule has 3 heteroatoms. The molecule has 90 valence electrons. The first-order valence-electron chi connectivity index (χ1n) is 5.90. The minimum Gasteiger partial charge on any atom is -0.399 e. The predicted molar refractivity (Wildman–Crippen MR) is 69.8 cm³/mol. The number of aliphatic hydroxyl groups excluding tert-OH is 1. The van der Waals surface area contributed by atoms with E-state index in [0.717, 1.165) is 36.3 Å². The van der Waals surface area contributed by atoms with E-state index in [0.29, 0.717) is 6.54 Å². The number of aryl methyl sites for hydroxylation is 1. The van der Waals surface area contributed by atoms with Gasteiger partial charge in [0.1, 0.15) is 0 Å². The number of benzene rings is 1. The minimum absolute atomic E-state index is 0.178. The van der Waals surface area contributed by atoms with E-state index in [1.54, 1.807) is 0 Å². The molecule has 0 unspecified atom stereocenters. The number of hydrogen-bond acceptors (Lipinski definition) is 3. The van der Waals surface area contributed by atoms with Gasteiger partial charge in [-0.05, 0) is 37.1 Å². The largest absolute Gasteiger partial charge is 0.399 e. The maximum absolute atomic E-state index is 9.06. The van der Waals surface area contributed by atoms with Gasteiger partial charge in [0.05, 0.1) is 6.61 Å². The van der Waals surface area contributed by atoms with Crippen LogP contribution in [0.1, 0.15) is 25.3 Å². The smallest absolute Gasteiger partial charge is 0.0606 e. The van der Waals surface area contributed by atoms with Crippen LogP contribution in [0.2, 0.25) is 0 Å². The summed E-state index contributed by atoms with van der Waals surface area (Å²) in [6.45, 7) is 6.03. The Morgan fingerprint density at radius 2 is 2.00 bits per heavy atom. The van der Waals surface area contributed by atoms with Gasteiger partial charge in [0, 0.05) is 24.5 Å². The standard InChI is InChI=1S/C13H22N2O/c1-3-4-5-15(6-7-16)13-9-11(2)8-12(14)10-13/h8-10,16H,3-7,14H2,1-2H3. The van der Waals surface area contributed by atoms with Gasteiger partial charge in [-0.2, -0.15) is 0 Å². The fourth-order valence-corrected chi connectivity index (χ4v) is 1.81. The fraction of sp³-hybridized carbons (Fsp3) is 0.538. The first-order valence-corrected chi connectivity index (χ1v) is 5.90. The van der Waals surface area contributed by atoms with Crippen molar-refractivity contribution in [2.75, 3.05) is 30.3 Å². The van der Waals surface area contributed by atoms with Gasteiger partial charge < -0.3 is 15.7 Å². The van der Waals surface area contributed by atoms with Crippen molar-refractivity contribution in [2.45, 2.75) is 26.7 Å². The molecule has 0 heterocycles. The number of nitrogen functional groups attached to an aromatic ring is 1. The van der Waals surface area contributed by atoms with Crippen molar-refractivity contribution >= 4 is 11.4 Å². The number of aliphatic hydroxyl groups is 1. The molecule has 0 aliphatic heterocycles. The molecular formula is C13H22N2O. The Balaban J connectivity index is 2.82. The average molecular weight is 222 g/mol. The third-order valence-electron chi connectivity index (χ3n) is 2.60. The second kappa shape index (κ2) is 6.38. The summed E-state index contributed by atoms with van der Waals surface area (Å²) in [5.74, 6) is 0. The molecule has 1 aromatic rings. The van der Waals surface area contributed by atoms with Crippen molar-refractivity contribution in [3.05, 3.63) is 23.8 Å². The van der Waals surface area contributed by atoms with Crippen molar-refractivity contribution in [2.24, 2.45) is 0 Å². The lowest BCUT2D eigenvalue weighted by Crippen LogP contribution is -2.27. The van der Waals surface area contributed by atoms with Gasteiger partial charge in [-0.1, -0.05) is 13.3 Å². The number of hydrogen-bond donors (Lipinski definition) is 2. The summed E-state index contributed by atoms with van der Waals surface area (Å²) in [6, 6.07) is 6.04. The topological polar surface area (TPSA) is 49.5 Å². The second-order valence-electron chi connectivity index (χ2n) is 4.17. The van der Waals surface area contributed by atoms with E-state index in [9.17, 15) is 0 Å². The minimum atomic E-state index is 0.178. The van der Waals surface area contributed by atoms with E-state index in [4.69, 9.17) is 10.8 Å². The molecule has 1 rings (SSSR count). The molecule has 0 bridgehead atoms. The zero-order valence-electron chi connectivity index (χ0n) is 10.2. The molecule has 0 fully saturated rings. The van der Waals surface area contributed by atoms with Crippen LogP contribution in [0.4, 0.5) is 11.4 Å². The van der Waals surface area contributed by atoms with E-state index in [-0.39, 0.29) is 6.61 Å². The van der Waals surface area contributed by atoms with E-state index in [1.165, 1.54) is 0 Å². The first-order chi connectivity index (χ1) is 7.67. The molecule has 0 spiro atoms. The fourth-order valence-electron chi connectivity index (χ4n) is 1.81. The Morgan fingerprint density at radius 3 is 2.56 bits per heavy atom. The van der Waals surface area contributed by atoms with Crippen LogP contribution in [-0.4, -0.2) is 24.8 Å². The van der Waals surface area contributed by atoms with E-state index in [1.807, 2.05) is 19.1 Å². The van der Waals surface area contributed by atoms with Crippen LogP contribution in [0, 0.1) is 6.92 Å². The highest BCUT2D eigenvalue weighted by Gasteiger charge is 2.06. The number of nitrogens with zero attached hydrogens (tertiary/aromatic N) is 1. The molecule has 0 atom stereocenters. The third kappa shape index (κ3) is 3.74. The van der Waals surface area contributed by atoms with Gasteiger partial charge >= 0.3 is 0 Å². The molecule has 3 nitrogen and oxygen atoms in total. The molecule has 0 saturated carbocycles. The van der Waals surface area contributed by atoms with Gasteiger partial charge in [-0.25, -0.2) is 0 Å². The van der Waals surface area contributed by atoms with E-state index >= 15 is 0 Å². The lowest BCUT2D eigenvalue weighted by Gasteiger charge is -2.24. The Hall–Kier alpha value is -1.22. The second-order valence-corrected chi connectivity index (χ2v) is 4.17. The summed E-state index contributed by atoms with van der Waals surface area (Å²) in [6.07, 6.45) is 2.29. The van der Waals surface area contributed by atoms with Gasteiger partial charge in [0.25, 0.3) is 0 Å². The lowest BCUT2D eigenvalue weighted by atomic mass is 10.1. The summed E-state index contributed by atoms with van der Waals surface area (Å²) in [5.41, 5.74) is 8.89. The maximum Gasteiger partial charge on any atom is 0.0606 e. The Morgan fingerprint density at radius 1 is 1.25 bits per heavy atom. The quantitative estimate of drug-likeness (QED) is 0.725. The summed E-state index contributed by atoms with van der Waals surface area (Å²) in [4.78, 5) is 2.19. The molecule has 0 aliphatic rings. The van der Waals surface area contributed by atoms with Gasteiger partial charge in [0.15, 0.2) is 0 Å². The van der Waals surface area contributed by atoms with E-state index < -0.39 is 0 Å². The molecular weight excluding hydrogens is 200 g/mol. The Kier molecular flexibility index (Phi) is 5.12. The average Bonchev–Trinajstić information content (AvgIpc) is 2.22. The molecule has 3 N–H and O–H groups in total. The SMILES string of the molecule is CCCCN(CCO)c1cc(C)cc(N)c1. The Bertz CT molecular complexity index is 305. The van der Waals surface area contributed by atoms with Crippen LogP contribution in [0.5, 0.6) is 0 Å². The molecule has 0 saturated heterocycles. The maximum atomic E-state index is 9.06. The lowest BCUT2D eigenvalue weighted by molar-refractivity contribution is 0.301. The molecule has 0 aliphatic carbocycles. The number of anilines is 2. The summed E-state index contributed by atoms with van der Waals surface area (Å²) in [7, 11) is 0. The highest BCUT2D eigenvalue weighted by molar-refractivity contribution is 5.58. The highest BCUT2D eigenvalue weighted by Crippen LogP contribution is 2.20. The van der Waals surface area contributed by atoms with Crippen LogP contribution in [0.25, 0.3) is 0 Å². The van der Waals surface area contributed by atoms with E-state index in [2.05, 4.69) is 17.9 Å². The van der Waals surface area contributed by atoms with Gasteiger partial charge in [0.2, 0.25) is 0 Å². The molecule has 16 heavy (non-hydrogen) atoms. The van der Waals surface area contributed by atoms with Crippen molar-refractivity contribution in [1.29, 1.82) is 0 Å².